The van der Waals surface area contributed by atoms with Crippen molar-refractivity contribution >= 4 is 50.7 Å². The third-order valence-corrected chi connectivity index (χ3v) is 4.15. The van der Waals surface area contributed by atoms with E-state index in [-0.39, 0.29) is 11.5 Å². The van der Waals surface area contributed by atoms with Gasteiger partial charge < -0.3 is 4.74 Å². The summed E-state index contributed by atoms with van der Waals surface area (Å²) in [5, 5.41) is 1.39. The Morgan fingerprint density at radius 3 is 2.47 bits per heavy atom. The topological polar surface area (TPSA) is 9.23 Å². The van der Waals surface area contributed by atoms with Gasteiger partial charge in [0.1, 0.15) is 11.9 Å². The van der Waals surface area contributed by atoms with Crippen LogP contribution in [0.2, 0.25) is 10.0 Å². The van der Waals surface area contributed by atoms with Gasteiger partial charge in [0, 0.05) is 28.8 Å². The fourth-order valence-electron chi connectivity index (χ4n) is 1.37. The first-order valence-electron chi connectivity index (χ1n) is 4.51. The van der Waals surface area contributed by atoms with E-state index < -0.39 is 0 Å². The van der Waals surface area contributed by atoms with E-state index >= 15 is 0 Å². The molecule has 1 saturated carbocycles. The van der Waals surface area contributed by atoms with Gasteiger partial charge in [0.15, 0.2) is 0 Å². The molecule has 0 spiro atoms. The molecule has 0 atom stereocenters. The molecule has 1 aliphatic rings. The van der Waals surface area contributed by atoms with Crippen LogP contribution in [0, 0.1) is 0 Å². The Kier molecular flexibility index (Phi) is 3.71. The predicted molar refractivity (Wildman–Crippen MR) is 67.5 cm³/mol. The van der Waals surface area contributed by atoms with Gasteiger partial charge in [-0.3, -0.25) is 0 Å². The van der Waals surface area contributed by atoms with Gasteiger partial charge in [0.05, 0.1) is 10.0 Å². The number of benzene rings is 1. The third-order valence-electron chi connectivity index (χ3n) is 2.31. The van der Waals surface area contributed by atoms with E-state index in [2.05, 4.69) is 15.9 Å². The maximum atomic E-state index is 6.02. The molecule has 0 aromatic heterocycles. The van der Waals surface area contributed by atoms with E-state index in [0.29, 0.717) is 15.8 Å². The molecule has 0 amide bonds. The summed E-state index contributed by atoms with van der Waals surface area (Å²) in [5.74, 6) is 0.624. The van der Waals surface area contributed by atoms with Gasteiger partial charge in [0.25, 0.3) is 0 Å². The van der Waals surface area contributed by atoms with E-state index in [4.69, 9.17) is 39.5 Å². The minimum atomic E-state index is 0.169. The fraction of sp³-hybridized carbons (Fsp3) is 0.400. The summed E-state index contributed by atoms with van der Waals surface area (Å²) >= 11 is 21.1. The van der Waals surface area contributed by atoms with E-state index in [0.717, 1.165) is 17.3 Å². The molecule has 0 bridgehead atoms. The molecule has 1 aromatic carbocycles. The molecule has 0 radical (unpaired) electrons. The van der Waals surface area contributed by atoms with Crippen LogP contribution in [-0.4, -0.2) is 11.5 Å². The highest BCUT2D eigenvalue weighted by Gasteiger charge is 2.29. The summed E-state index contributed by atoms with van der Waals surface area (Å²) in [5.41, 5.74) is 0. The Bertz CT molecular complexity index is 377. The summed E-state index contributed by atoms with van der Waals surface area (Å²) in [6, 6.07) is 3.45. The highest BCUT2D eigenvalue weighted by molar-refractivity contribution is 9.10. The molecule has 0 heterocycles. The van der Waals surface area contributed by atoms with Gasteiger partial charge in [-0.2, -0.15) is 0 Å². The van der Waals surface area contributed by atoms with Crippen molar-refractivity contribution in [3.8, 4) is 5.75 Å². The second-order valence-corrected chi connectivity index (χ2v) is 5.79. The Labute approximate surface area is 112 Å². The first kappa shape index (κ1) is 11.8. The molecular formula is C10H8BrCl3O. The zero-order valence-corrected chi connectivity index (χ0v) is 11.5. The third kappa shape index (κ3) is 2.73. The fourth-order valence-corrected chi connectivity index (χ4v) is 2.61. The Balaban J connectivity index is 2.11. The molecule has 0 unspecified atom stereocenters. The molecule has 15 heavy (non-hydrogen) atoms. The van der Waals surface area contributed by atoms with Crippen LogP contribution in [0.4, 0.5) is 0 Å². The first-order valence-corrected chi connectivity index (χ1v) is 6.50. The molecule has 0 aliphatic heterocycles. The average Bonchev–Trinajstić information content (AvgIpc) is 2.11. The summed E-state index contributed by atoms with van der Waals surface area (Å²) in [6.45, 7) is 0. The molecule has 5 heteroatoms. The van der Waals surface area contributed by atoms with Gasteiger partial charge in [-0.05, 0) is 22.0 Å². The second kappa shape index (κ2) is 4.70. The Morgan fingerprint density at radius 2 is 1.87 bits per heavy atom. The zero-order chi connectivity index (χ0) is 11.0. The minimum absolute atomic E-state index is 0.169. The van der Waals surface area contributed by atoms with Crippen molar-refractivity contribution in [2.24, 2.45) is 0 Å². The quantitative estimate of drug-likeness (QED) is 0.553. The zero-order valence-electron chi connectivity index (χ0n) is 7.64. The normalized spacial score (nSPS) is 24.8. The van der Waals surface area contributed by atoms with Crippen molar-refractivity contribution < 1.29 is 4.74 Å². The van der Waals surface area contributed by atoms with Crippen molar-refractivity contribution in [2.75, 3.05) is 0 Å². The SMILES string of the molecule is Clc1cc(OC2CC(Cl)C2)c(Cl)cc1Br. The van der Waals surface area contributed by atoms with Crippen LogP contribution in [0.15, 0.2) is 16.6 Å². The summed E-state index contributed by atoms with van der Waals surface area (Å²) in [4.78, 5) is 0. The lowest BCUT2D eigenvalue weighted by atomic mass is 9.95. The van der Waals surface area contributed by atoms with Crippen molar-refractivity contribution in [3.63, 3.8) is 0 Å². The smallest absolute Gasteiger partial charge is 0.139 e. The number of hydrogen-bond donors (Lipinski definition) is 0. The standard InChI is InChI=1S/C10H8BrCl3O/c11-7-3-9(14)10(4-8(7)13)15-6-1-5(12)2-6/h3-6H,1-2H2. The largest absolute Gasteiger partial charge is 0.489 e. The van der Waals surface area contributed by atoms with E-state index in [9.17, 15) is 0 Å². The van der Waals surface area contributed by atoms with Gasteiger partial charge >= 0.3 is 0 Å². The number of ether oxygens (including phenoxy) is 1. The molecule has 0 saturated heterocycles. The number of halogens is 4. The van der Waals surface area contributed by atoms with Gasteiger partial charge in [-0.1, -0.05) is 23.2 Å². The highest BCUT2D eigenvalue weighted by Crippen LogP contribution is 2.37. The van der Waals surface area contributed by atoms with E-state index in [1.807, 2.05) is 0 Å². The van der Waals surface area contributed by atoms with Crippen LogP contribution in [0.25, 0.3) is 0 Å². The van der Waals surface area contributed by atoms with Crippen molar-refractivity contribution in [1.29, 1.82) is 0 Å². The summed E-state index contributed by atoms with van der Waals surface area (Å²) in [7, 11) is 0. The molecule has 1 aromatic rings. The minimum Gasteiger partial charge on any atom is -0.489 e. The molecule has 1 nitrogen and oxygen atoms in total. The molecule has 82 valence electrons. The summed E-state index contributed by atoms with van der Waals surface area (Å²) < 4.78 is 6.43. The highest BCUT2D eigenvalue weighted by atomic mass is 79.9. The molecular weight excluding hydrogens is 322 g/mol. The van der Waals surface area contributed by atoms with Crippen LogP contribution in [0.5, 0.6) is 5.75 Å². The summed E-state index contributed by atoms with van der Waals surface area (Å²) in [6.07, 6.45) is 1.90. The lowest BCUT2D eigenvalue weighted by molar-refractivity contribution is 0.124. The van der Waals surface area contributed by atoms with Crippen molar-refractivity contribution in [2.45, 2.75) is 24.3 Å². The lowest BCUT2D eigenvalue weighted by Gasteiger charge is -2.31. The van der Waals surface area contributed by atoms with Crippen LogP contribution < -0.4 is 4.74 Å². The van der Waals surface area contributed by atoms with Crippen molar-refractivity contribution in [1.82, 2.24) is 0 Å². The molecule has 1 aliphatic carbocycles. The number of alkyl halides is 1. The van der Waals surface area contributed by atoms with Crippen LogP contribution in [-0.2, 0) is 0 Å². The van der Waals surface area contributed by atoms with E-state index in [1.54, 1.807) is 12.1 Å². The van der Waals surface area contributed by atoms with Crippen LogP contribution >= 0.6 is 50.7 Å². The molecule has 0 N–H and O–H groups in total. The maximum absolute atomic E-state index is 6.02. The second-order valence-electron chi connectivity index (χ2n) is 3.51. The monoisotopic (exact) mass is 328 g/mol. The van der Waals surface area contributed by atoms with Crippen molar-refractivity contribution in [3.05, 3.63) is 26.7 Å². The average molecular weight is 330 g/mol. The van der Waals surface area contributed by atoms with Gasteiger partial charge in [0.2, 0.25) is 0 Å². The van der Waals surface area contributed by atoms with Gasteiger partial charge in [-0.25, -0.2) is 0 Å². The lowest BCUT2D eigenvalue weighted by Crippen LogP contribution is -2.34. The number of rotatable bonds is 2. The predicted octanol–water partition coefficient (Wildman–Crippen LogP) is 4.90. The maximum Gasteiger partial charge on any atom is 0.139 e. The van der Waals surface area contributed by atoms with Crippen LogP contribution in [0.3, 0.4) is 0 Å². The van der Waals surface area contributed by atoms with Crippen LogP contribution in [0.1, 0.15) is 12.8 Å². The first-order chi connectivity index (χ1) is 7.06. The molecule has 1 fully saturated rings. The Hall–Kier alpha value is 0.370. The number of hydrogen-bond acceptors (Lipinski definition) is 1. The van der Waals surface area contributed by atoms with E-state index in [1.165, 1.54) is 0 Å². The van der Waals surface area contributed by atoms with Gasteiger partial charge in [-0.15, -0.1) is 11.6 Å². The molecule has 2 rings (SSSR count). The Morgan fingerprint density at radius 1 is 1.20 bits per heavy atom.